The van der Waals surface area contributed by atoms with Gasteiger partial charge in [-0.2, -0.15) is 0 Å². The second-order valence-electron chi connectivity index (χ2n) is 6.70. The van der Waals surface area contributed by atoms with E-state index in [-0.39, 0.29) is 11.8 Å². The third-order valence-electron chi connectivity index (χ3n) is 4.66. The van der Waals surface area contributed by atoms with E-state index < -0.39 is 5.92 Å². The molecule has 3 rings (SSSR count). The van der Waals surface area contributed by atoms with E-state index in [1.165, 1.54) is 6.42 Å². The fourth-order valence-electron chi connectivity index (χ4n) is 3.53. The van der Waals surface area contributed by atoms with Crippen molar-refractivity contribution in [2.24, 2.45) is 5.92 Å². The molecule has 1 aromatic rings. The van der Waals surface area contributed by atoms with Gasteiger partial charge in [-0.15, -0.1) is 0 Å². The van der Waals surface area contributed by atoms with Crippen molar-refractivity contribution in [3.05, 3.63) is 29.3 Å². The summed E-state index contributed by atoms with van der Waals surface area (Å²) in [6, 6.07) is 6.11. The Morgan fingerprint density at radius 2 is 1.70 bits per heavy atom. The number of piperidine rings is 1. The molecule has 23 heavy (non-hydrogen) atoms. The molecule has 2 aliphatic rings. The first kappa shape index (κ1) is 16.0. The highest BCUT2D eigenvalue weighted by atomic mass is 16.2. The molecular formula is C18H25N3O2. The summed E-state index contributed by atoms with van der Waals surface area (Å²) in [5.74, 6) is -0.786. The van der Waals surface area contributed by atoms with E-state index in [1.54, 1.807) is 4.90 Å². The lowest BCUT2D eigenvalue weighted by Crippen LogP contribution is -2.48. The fourth-order valence-corrected chi connectivity index (χ4v) is 3.53. The van der Waals surface area contributed by atoms with Gasteiger partial charge >= 0.3 is 0 Å². The summed E-state index contributed by atoms with van der Waals surface area (Å²) in [6.07, 6.45) is 4.02. The maximum atomic E-state index is 12.7. The molecule has 0 aliphatic carbocycles. The number of carbonyl (C=O) groups excluding carboxylic acids is 2. The largest absolute Gasteiger partial charge is 0.312 e. The van der Waals surface area contributed by atoms with Gasteiger partial charge in [-0.05, 0) is 56.4 Å². The lowest BCUT2D eigenvalue weighted by atomic mass is 10.1. The van der Waals surface area contributed by atoms with Crippen molar-refractivity contribution >= 4 is 17.5 Å². The summed E-state index contributed by atoms with van der Waals surface area (Å²) in [5, 5.41) is 1.96. The van der Waals surface area contributed by atoms with E-state index in [0.717, 1.165) is 42.7 Å². The Bertz CT molecular complexity index is 588. The average Bonchev–Trinajstić information content (AvgIpc) is 2.89. The molecule has 0 radical (unpaired) electrons. The van der Waals surface area contributed by atoms with Crippen LogP contribution in [0.1, 0.15) is 36.8 Å². The monoisotopic (exact) mass is 315 g/mol. The van der Waals surface area contributed by atoms with Gasteiger partial charge in [0.15, 0.2) is 0 Å². The highest BCUT2D eigenvalue weighted by Crippen LogP contribution is 2.27. The van der Waals surface area contributed by atoms with Crippen LogP contribution in [-0.2, 0) is 9.59 Å². The lowest BCUT2D eigenvalue weighted by molar-refractivity contribution is -0.135. The molecular weight excluding hydrogens is 290 g/mol. The number of nitrogens with one attached hydrogen (secondary N) is 1. The fraction of sp³-hybridized carbons (Fsp3) is 0.556. The van der Waals surface area contributed by atoms with Gasteiger partial charge in [0.25, 0.3) is 0 Å². The minimum absolute atomic E-state index is 0.0792. The molecule has 5 nitrogen and oxygen atoms in total. The van der Waals surface area contributed by atoms with Crippen LogP contribution in [0, 0.1) is 19.8 Å². The smallest absolute Gasteiger partial charge is 0.246 e. The average molecular weight is 315 g/mol. The van der Waals surface area contributed by atoms with E-state index >= 15 is 0 Å². The molecule has 124 valence electrons. The van der Waals surface area contributed by atoms with Crippen LogP contribution in [0.25, 0.3) is 0 Å². The SMILES string of the molecule is Cc1cc(C)cc(N2CC[C@@H](C(=O)NN3CCCCC3)C2=O)c1. The van der Waals surface area contributed by atoms with Crippen molar-refractivity contribution < 1.29 is 9.59 Å². The van der Waals surface area contributed by atoms with E-state index in [9.17, 15) is 9.59 Å². The third-order valence-corrected chi connectivity index (χ3v) is 4.66. The van der Waals surface area contributed by atoms with Gasteiger partial charge in [0.2, 0.25) is 11.8 Å². The Balaban J connectivity index is 1.67. The predicted octanol–water partition coefficient (Wildman–Crippen LogP) is 2.17. The standard InChI is InChI=1S/C18H25N3O2/c1-13-10-14(2)12-15(11-13)21-9-6-16(18(21)23)17(22)19-20-7-4-3-5-8-20/h10-12,16H,3-9H2,1-2H3,(H,19,22)/t16-/m0/s1. The van der Waals surface area contributed by atoms with Crippen molar-refractivity contribution in [3.8, 4) is 0 Å². The highest BCUT2D eigenvalue weighted by Gasteiger charge is 2.38. The Morgan fingerprint density at radius 3 is 2.35 bits per heavy atom. The Morgan fingerprint density at radius 1 is 1.04 bits per heavy atom. The summed E-state index contributed by atoms with van der Waals surface area (Å²) in [7, 11) is 0. The van der Waals surface area contributed by atoms with Gasteiger partial charge in [0, 0.05) is 25.3 Å². The van der Waals surface area contributed by atoms with Crippen molar-refractivity contribution in [2.45, 2.75) is 39.5 Å². The van der Waals surface area contributed by atoms with E-state index in [1.807, 2.05) is 31.0 Å². The van der Waals surface area contributed by atoms with Crippen LogP contribution in [-0.4, -0.2) is 36.5 Å². The van der Waals surface area contributed by atoms with Crippen molar-refractivity contribution in [2.75, 3.05) is 24.5 Å². The van der Waals surface area contributed by atoms with Crippen molar-refractivity contribution in [1.82, 2.24) is 10.4 Å². The van der Waals surface area contributed by atoms with Gasteiger partial charge in [-0.1, -0.05) is 12.5 Å². The second kappa shape index (κ2) is 6.71. The van der Waals surface area contributed by atoms with Crippen LogP contribution >= 0.6 is 0 Å². The topological polar surface area (TPSA) is 52.7 Å². The first-order valence-electron chi connectivity index (χ1n) is 8.50. The summed E-state index contributed by atoms with van der Waals surface area (Å²) >= 11 is 0. The minimum Gasteiger partial charge on any atom is -0.312 e. The van der Waals surface area contributed by atoms with Gasteiger partial charge in [-0.25, -0.2) is 5.01 Å². The van der Waals surface area contributed by atoms with Crippen LogP contribution < -0.4 is 10.3 Å². The molecule has 1 N–H and O–H groups in total. The second-order valence-corrected chi connectivity index (χ2v) is 6.70. The van der Waals surface area contributed by atoms with Crippen LogP contribution in [0.4, 0.5) is 5.69 Å². The molecule has 1 atom stereocenters. The molecule has 1 aromatic carbocycles. The number of hydrogen-bond acceptors (Lipinski definition) is 3. The Hall–Kier alpha value is -1.88. The van der Waals surface area contributed by atoms with Gasteiger partial charge in [-0.3, -0.25) is 15.0 Å². The third kappa shape index (κ3) is 3.55. The quantitative estimate of drug-likeness (QED) is 0.870. The maximum Gasteiger partial charge on any atom is 0.246 e. The normalized spacial score (nSPS) is 22.4. The number of rotatable bonds is 3. The number of hydrazine groups is 1. The number of carbonyl (C=O) groups is 2. The molecule has 2 aliphatic heterocycles. The highest BCUT2D eigenvalue weighted by molar-refractivity contribution is 6.09. The van der Waals surface area contributed by atoms with E-state index in [0.29, 0.717) is 13.0 Å². The van der Waals surface area contributed by atoms with Gasteiger partial charge < -0.3 is 4.90 Å². The lowest BCUT2D eigenvalue weighted by Gasteiger charge is -2.27. The number of hydrogen-bond donors (Lipinski definition) is 1. The molecule has 2 amide bonds. The molecule has 0 aromatic heterocycles. The summed E-state index contributed by atoms with van der Waals surface area (Å²) in [5.41, 5.74) is 6.10. The van der Waals surface area contributed by atoms with Crippen molar-refractivity contribution in [3.63, 3.8) is 0 Å². The minimum atomic E-state index is -0.558. The molecule has 5 heteroatoms. The zero-order valence-electron chi connectivity index (χ0n) is 14.0. The van der Waals surface area contributed by atoms with Gasteiger partial charge in [0.05, 0.1) is 0 Å². The van der Waals surface area contributed by atoms with E-state index in [2.05, 4.69) is 11.5 Å². The summed E-state index contributed by atoms with van der Waals surface area (Å²) in [4.78, 5) is 26.8. The van der Waals surface area contributed by atoms with Crippen LogP contribution in [0.2, 0.25) is 0 Å². The van der Waals surface area contributed by atoms with E-state index in [4.69, 9.17) is 0 Å². The molecule has 0 spiro atoms. The van der Waals surface area contributed by atoms with Crippen LogP contribution in [0.3, 0.4) is 0 Å². The van der Waals surface area contributed by atoms with Crippen LogP contribution in [0.5, 0.6) is 0 Å². The zero-order chi connectivity index (χ0) is 16.4. The predicted molar refractivity (Wildman–Crippen MR) is 89.9 cm³/mol. The first-order valence-corrected chi connectivity index (χ1v) is 8.50. The molecule has 2 fully saturated rings. The number of benzene rings is 1. The Kier molecular flexibility index (Phi) is 4.66. The number of amides is 2. The summed E-state index contributed by atoms with van der Waals surface area (Å²) < 4.78 is 0. The number of aryl methyl sites for hydroxylation is 2. The first-order chi connectivity index (χ1) is 11.0. The molecule has 2 saturated heterocycles. The molecule has 0 bridgehead atoms. The summed E-state index contributed by atoms with van der Waals surface area (Å²) in [6.45, 7) is 6.43. The zero-order valence-corrected chi connectivity index (χ0v) is 14.0. The Labute approximate surface area is 137 Å². The molecule has 0 unspecified atom stereocenters. The molecule has 0 saturated carbocycles. The molecule has 2 heterocycles. The number of nitrogens with zero attached hydrogens (tertiary/aromatic N) is 2. The van der Waals surface area contributed by atoms with Crippen molar-refractivity contribution in [1.29, 1.82) is 0 Å². The van der Waals surface area contributed by atoms with Gasteiger partial charge in [0.1, 0.15) is 5.92 Å². The number of anilines is 1. The maximum absolute atomic E-state index is 12.7. The van der Waals surface area contributed by atoms with Crippen LogP contribution in [0.15, 0.2) is 18.2 Å².